The lowest BCUT2D eigenvalue weighted by Crippen LogP contribution is -2.15. The molecule has 8 nitrogen and oxygen atoms in total. The van der Waals surface area contributed by atoms with E-state index in [1.165, 1.54) is 0 Å². The molecule has 0 aromatic rings. The minimum atomic E-state index is -1.60. The Morgan fingerprint density at radius 3 is 2.00 bits per heavy atom. The quantitative estimate of drug-likeness (QED) is 0.573. The lowest BCUT2D eigenvalue weighted by Gasteiger charge is -2.06. The maximum absolute atomic E-state index is 11.5. The van der Waals surface area contributed by atoms with Crippen molar-refractivity contribution in [1.82, 2.24) is 0 Å². The maximum atomic E-state index is 11.5. The molecular weight excluding hydrogens is 296 g/mol. The number of rotatable bonds is 1. The molecule has 0 aliphatic carbocycles. The Bertz CT molecular complexity index is 465. The first kappa shape index (κ1) is 17.7. The predicted octanol–water partition coefficient (Wildman–Crippen LogP) is 1.63. The highest BCUT2D eigenvalue weighted by Crippen LogP contribution is 2.11. The minimum absolute atomic E-state index is 0.0641. The summed E-state index contributed by atoms with van der Waals surface area (Å²) in [6.07, 6.45) is 5.23. The summed E-state index contributed by atoms with van der Waals surface area (Å²) in [6, 6.07) is 0. The van der Waals surface area contributed by atoms with Crippen molar-refractivity contribution in [2.75, 3.05) is 0 Å². The van der Waals surface area contributed by atoms with E-state index in [-0.39, 0.29) is 12.8 Å². The first-order chi connectivity index (χ1) is 10.5. The van der Waals surface area contributed by atoms with Crippen LogP contribution in [0, 0.1) is 0 Å². The number of hydrogen-bond donors (Lipinski definition) is 1. The standard InChI is InChI=1S/C14H18O8/c15-11-7-5-3-1-2-4-6-8-12(16)21-22-13(17)9-10(20-11)14(18)19/h9H,1-8H2,(H,18,19)/b10-9-. The highest BCUT2D eigenvalue weighted by atomic mass is 17.2. The molecule has 1 aliphatic heterocycles. The van der Waals surface area contributed by atoms with Crippen LogP contribution in [0.5, 0.6) is 0 Å². The third-order valence-electron chi connectivity index (χ3n) is 2.91. The zero-order chi connectivity index (χ0) is 16.4. The molecule has 122 valence electrons. The fourth-order valence-electron chi connectivity index (χ4n) is 1.81. The van der Waals surface area contributed by atoms with Crippen LogP contribution in [0.3, 0.4) is 0 Å². The molecule has 22 heavy (non-hydrogen) atoms. The van der Waals surface area contributed by atoms with E-state index in [0.717, 1.165) is 25.7 Å². The molecule has 1 rings (SSSR count). The summed E-state index contributed by atoms with van der Waals surface area (Å²) in [5, 5.41) is 8.85. The monoisotopic (exact) mass is 314 g/mol. The maximum Gasteiger partial charge on any atom is 0.383 e. The van der Waals surface area contributed by atoms with Gasteiger partial charge in [-0.1, -0.05) is 25.7 Å². The Morgan fingerprint density at radius 1 is 0.864 bits per heavy atom. The van der Waals surface area contributed by atoms with E-state index >= 15 is 0 Å². The fourth-order valence-corrected chi connectivity index (χ4v) is 1.81. The highest BCUT2D eigenvalue weighted by Gasteiger charge is 2.18. The summed E-state index contributed by atoms with van der Waals surface area (Å²) in [5.74, 6) is -5.19. The van der Waals surface area contributed by atoms with Crippen LogP contribution >= 0.6 is 0 Å². The van der Waals surface area contributed by atoms with Crippen molar-refractivity contribution in [3.05, 3.63) is 11.8 Å². The Balaban J connectivity index is 2.71. The molecular formula is C14H18O8. The molecule has 1 N–H and O–H groups in total. The van der Waals surface area contributed by atoms with E-state index < -0.39 is 29.6 Å². The Kier molecular flexibility index (Phi) is 7.66. The second-order valence-electron chi connectivity index (χ2n) is 4.77. The van der Waals surface area contributed by atoms with Gasteiger partial charge in [0.2, 0.25) is 5.76 Å². The number of carbonyl (C=O) groups excluding carboxylic acids is 3. The van der Waals surface area contributed by atoms with E-state index in [9.17, 15) is 19.2 Å². The summed E-state index contributed by atoms with van der Waals surface area (Å²) in [4.78, 5) is 53.3. The molecule has 0 saturated heterocycles. The first-order valence-corrected chi connectivity index (χ1v) is 7.06. The van der Waals surface area contributed by atoms with Gasteiger partial charge in [-0.3, -0.25) is 4.79 Å². The Hall–Kier alpha value is -2.38. The number of carboxylic acids is 1. The number of esters is 1. The van der Waals surface area contributed by atoms with Crippen LogP contribution < -0.4 is 0 Å². The van der Waals surface area contributed by atoms with Gasteiger partial charge in [0.25, 0.3) is 0 Å². The smallest absolute Gasteiger partial charge is 0.383 e. The molecule has 0 aromatic heterocycles. The fraction of sp³-hybridized carbons (Fsp3) is 0.571. The van der Waals surface area contributed by atoms with E-state index in [0.29, 0.717) is 18.9 Å². The summed E-state index contributed by atoms with van der Waals surface area (Å²) >= 11 is 0. The van der Waals surface area contributed by atoms with Gasteiger partial charge < -0.3 is 9.84 Å². The molecule has 0 bridgehead atoms. The molecule has 0 unspecified atom stereocenters. The highest BCUT2D eigenvalue weighted by molar-refractivity contribution is 5.95. The minimum Gasteiger partial charge on any atom is -0.475 e. The molecule has 1 heterocycles. The lowest BCUT2D eigenvalue weighted by molar-refractivity contribution is -0.255. The molecule has 8 heteroatoms. The van der Waals surface area contributed by atoms with Crippen molar-refractivity contribution in [2.45, 2.75) is 51.4 Å². The Labute approximate surface area is 126 Å². The van der Waals surface area contributed by atoms with Crippen LogP contribution in [0.25, 0.3) is 0 Å². The van der Waals surface area contributed by atoms with E-state index in [1.54, 1.807) is 0 Å². The van der Waals surface area contributed by atoms with Crippen molar-refractivity contribution in [1.29, 1.82) is 0 Å². The van der Waals surface area contributed by atoms with Gasteiger partial charge in [-0.2, -0.15) is 0 Å². The number of cyclic esters (lactones) is 1. The third-order valence-corrected chi connectivity index (χ3v) is 2.91. The normalized spacial score (nSPS) is 21.8. The van der Waals surface area contributed by atoms with Gasteiger partial charge in [-0.05, 0) is 12.8 Å². The molecule has 0 amide bonds. The van der Waals surface area contributed by atoms with Crippen molar-refractivity contribution >= 4 is 23.9 Å². The SMILES string of the molecule is O=C1/C=C(/C(=O)O)OC(=O)CCCCCCCCC(=O)OO1. The van der Waals surface area contributed by atoms with Crippen molar-refractivity contribution in [3.63, 3.8) is 0 Å². The largest absolute Gasteiger partial charge is 0.475 e. The van der Waals surface area contributed by atoms with Crippen LogP contribution in [0.4, 0.5) is 0 Å². The number of aliphatic carboxylic acids is 1. The lowest BCUT2D eigenvalue weighted by atomic mass is 10.1. The van der Waals surface area contributed by atoms with Crippen molar-refractivity contribution in [2.24, 2.45) is 0 Å². The van der Waals surface area contributed by atoms with Crippen LogP contribution in [-0.2, 0) is 33.7 Å². The van der Waals surface area contributed by atoms with Gasteiger partial charge in [0.15, 0.2) is 0 Å². The molecule has 1 aliphatic rings. The van der Waals surface area contributed by atoms with E-state index in [2.05, 4.69) is 14.5 Å². The Morgan fingerprint density at radius 2 is 1.41 bits per heavy atom. The van der Waals surface area contributed by atoms with Crippen LogP contribution in [0.1, 0.15) is 51.4 Å². The summed E-state index contributed by atoms with van der Waals surface area (Å²) in [5.41, 5.74) is 0. The number of hydrogen-bond acceptors (Lipinski definition) is 7. The molecule has 0 fully saturated rings. The topological polar surface area (TPSA) is 116 Å². The molecule has 0 saturated carbocycles. The first-order valence-electron chi connectivity index (χ1n) is 7.06. The average molecular weight is 314 g/mol. The molecule has 0 atom stereocenters. The average Bonchev–Trinajstić information content (AvgIpc) is 2.46. The molecule has 0 spiro atoms. The van der Waals surface area contributed by atoms with Gasteiger partial charge in [-0.25, -0.2) is 24.2 Å². The molecule has 0 radical (unpaired) electrons. The number of carbonyl (C=O) groups is 4. The van der Waals surface area contributed by atoms with Crippen LogP contribution in [-0.4, -0.2) is 29.0 Å². The van der Waals surface area contributed by atoms with Gasteiger partial charge in [-0.15, -0.1) is 0 Å². The zero-order valence-electron chi connectivity index (χ0n) is 12.0. The molecule has 0 aromatic carbocycles. The van der Waals surface area contributed by atoms with E-state index in [4.69, 9.17) is 5.11 Å². The number of ether oxygens (including phenoxy) is 1. The van der Waals surface area contributed by atoms with Gasteiger partial charge in [0.1, 0.15) is 0 Å². The zero-order valence-corrected chi connectivity index (χ0v) is 12.0. The van der Waals surface area contributed by atoms with Crippen molar-refractivity contribution < 1.29 is 38.8 Å². The van der Waals surface area contributed by atoms with Gasteiger partial charge >= 0.3 is 23.9 Å². The van der Waals surface area contributed by atoms with Crippen LogP contribution in [0.2, 0.25) is 0 Å². The second kappa shape index (κ2) is 9.54. The van der Waals surface area contributed by atoms with Crippen LogP contribution in [0.15, 0.2) is 11.8 Å². The van der Waals surface area contributed by atoms with Gasteiger partial charge in [0, 0.05) is 6.42 Å². The number of carboxylic acid groups (broad SMARTS) is 1. The van der Waals surface area contributed by atoms with E-state index in [1.807, 2.05) is 0 Å². The summed E-state index contributed by atoms with van der Waals surface area (Å²) in [7, 11) is 0. The summed E-state index contributed by atoms with van der Waals surface area (Å²) < 4.78 is 4.59. The van der Waals surface area contributed by atoms with Crippen molar-refractivity contribution in [3.8, 4) is 0 Å². The summed E-state index contributed by atoms with van der Waals surface area (Å²) in [6.45, 7) is 0. The van der Waals surface area contributed by atoms with Gasteiger partial charge in [0.05, 0.1) is 12.5 Å². The third kappa shape index (κ3) is 7.41. The predicted molar refractivity (Wildman–Crippen MR) is 70.9 cm³/mol. The second-order valence-corrected chi connectivity index (χ2v) is 4.77.